The maximum atomic E-state index is 12.9. The fraction of sp³-hybridized carbons (Fsp3) is 0.0952. The van der Waals surface area contributed by atoms with Gasteiger partial charge in [-0.25, -0.2) is 0 Å². The monoisotopic (exact) mass is 424 g/mol. The molecule has 0 saturated carbocycles. The number of benzene rings is 2. The van der Waals surface area contributed by atoms with E-state index in [2.05, 4.69) is 15.8 Å². The fourth-order valence-corrected chi connectivity index (χ4v) is 4.37. The van der Waals surface area contributed by atoms with Crippen molar-refractivity contribution in [3.05, 3.63) is 75.6 Å². The Morgan fingerprint density at radius 1 is 1.03 bits per heavy atom. The minimum atomic E-state index is -0.313. The van der Waals surface area contributed by atoms with Crippen LogP contribution in [0.2, 0.25) is 5.02 Å². The Balaban J connectivity index is 1.64. The normalized spacial score (nSPS) is 14.5. The van der Waals surface area contributed by atoms with Crippen molar-refractivity contribution in [2.24, 2.45) is 5.10 Å². The first-order valence-electron chi connectivity index (χ1n) is 8.93. The number of ketones is 1. The molecule has 6 nitrogen and oxygen atoms in total. The van der Waals surface area contributed by atoms with E-state index in [1.165, 1.54) is 11.3 Å². The molecule has 0 radical (unpaired) electrons. The van der Waals surface area contributed by atoms with Gasteiger partial charge in [0.1, 0.15) is 5.71 Å². The summed E-state index contributed by atoms with van der Waals surface area (Å²) < 4.78 is 0. The molecule has 0 atom stereocenters. The van der Waals surface area contributed by atoms with Gasteiger partial charge >= 0.3 is 0 Å². The Bertz CT molecular complexity index is 1110. The van der Waals surface area contributed by atoms with Gasteiger partial charge in [0.2, 0.25) is 0 Å². The van der Waals surface area contributed by atoms with E-state index in [1.807, 2.05) is 30.3 Å². The van der Waals surface area contributed by atoms with Crippen molar-refractivity contribution < 1.29 is 9.59 Å². The van der Waals surface area contributed by atoms with Crippen LogP contribution in [0, 0.1) is 0 Å². The molecule has 146 valence electrons. The number of hydrogen-bond acceptors (Lipinski definition) is 6. The van der Waals surface area contributed by atoms with Crippen LogP contribution in [0.4, 0.5) is 16.4 Å². The number of amides is 1. The maximum Gasteiger partial charge on any atom is 0.258 e. The minimum absolute atomic E-state index is 0.0770. The van der Waals surface area contributed by atoms with E-state index < -0.39 is 0 Å². The molecule has 1 aliphatic carbocycles. The predicted molar refractivity (Wildman–Crippen MR) is 118 cm³/mol. The third-order valence-corrected chi connectivity index (χ3v) is 5.84. The van der Waals surface area contributed by atoms with Gasteiger partial charge in [-0.3, -0.25) is 15.0 Å². The first kappa shape index (κ1) is 19.2. The van der Waals surface area contributed by atoms with Gasteiger partial charge in [-0.1, -0.05) is 29.8 Å². The third kappa shape index (κ3) is 4.01. The highest BCUT2D eigenvalue weighted by atomic mass is 35.5. The number of fused-ring (bicyclic) bond motifs is 1. The van der Waals surface area contributed by atoms with Crippen LogP contribution in [0.5, 0.6) is 0 Å². The van der Waals surface area contributed by atoms with Crippen LogP contribution in [0.15, 0.2) is 59.7 Å². The highest BCUT2D eigenvalue weighted by Crippen LogP contribution is 2.36. The SMILES string of the molecule is Nc1sc2c(c1C(=O)Nc1ccc(Cl)cc1)CCC(=O)C2=NNc1ccccc1. The maximum absolute atomic E-state index is 12.9. The van der Waals surface area contributed by atoms with E-state index in [0.29, 0.717) is 38.3 Å². The molecular weight excluding hydrogens is 408 g/mol. The molecule has 29 heavy (non-hydrogen) atoms. The summed E-state index contributed by atoms with van der Waals surface area (Å²) >= 11 is 7.10. The largest absolute Gasteiger partial charge is 0.390 e. The third-order valence-electron chi connectivity index (χ3n) is 4.52. The summed E-state index contributed by atoms with van der Waals surface area (Å²) in [5.74, 6) is -0.390. The van der Waals surface area contributed by atoms with E-state index >= 15 is 0 Å². The lowest BCUT2D eigenvalue weighted by Gasteiger charge is -2.14. The number of carbonyl (C=O) groups is 2. The molecule has 1 heterocycles. The van der Waals surface area contributed by atoms with Crippen molar-refractivity contribution in [2.75, 3.05) is 16.5 Å². The second-order valence-corrected chi connectivity index (χ2v) is 7.96. The van der Waals surface area contributed by atoms with Gasteiger partial charge in [-0.2, -0.15) is 5.10 Å². The van der Waals surface area contributed by atoms with Crippen molar-refractivity contribution in [2.45, 2.75) is 12.8 Å². The number of hydrogen-bond donors (Lipinski definition) is 3. The molecular formula is C21H17ClN4O2S. The number of hydrazone groups is 1. The van der Waals surface area contributed by atoms with E-state index in [0.717, 1.165) is 11.3 Å². The zero-order chi connectivity index (χ0) is 20.4. The minimum Gasteiger partial charge on any atom is -0.390 e. The standard InChI is InChI=1S/C21H17ClN4O2S/c22-12-6-8-13(9-7-12)24-21(28)17-15-10-11-16(27)18(19(15)29-20(17)23)26-25-14-4-2-1-3-5-14/h1-9,25H,10-11,23H2,(H,24,28). The van der Waals surface area contributed by atoms with E-state index in [4.69, 9.17) is 17.3 Å². The molecule has 3 aromatic rings. The van der Waals surface area contributed by atoms with Crippen LogP contribution in [-0.4, -0.2) is 17.4 Å². The Morgan fingerprint density at radius 2 is 1.76 bits per heavy atom. The molecule has 4 rings (SSSR count). The number of para-hydroxylation sites is 1. The summed E-state index contributed by atoms with van der Waals surface area (Å²) in [6.07, 6.45) is 0.731. The lowest BCUT2D eigenvalue weighted by atomic mass is 9.93. The summed E-state index contributed by atoms with van der Waals surface area (Å²) in [6, 6.07) is 16.2. The number of halogens is 1. The molecule has 0 saturated heterocycles. The van der Waals surface area contributed by atoms with Crippen molar-refractivity contribution in [3.63, 3.8) is 0 Å². The molecule has 4 N–H and O–H groups in total. The Kier molecular flexibility index (Phi) is 5.33. The number of thiophene rings is 1. The van der Waals surface area contributed by atoms with Gasteiger partial charge in [0.05, 0.1) is 21.1 Å². The van der Waals surface area contributed by atoms with Crippen molar-refractivity contribution in [3.8, 4) is 0 Å². The molecule has 0 fully saturated rings. The smallest absolute Gasteiger partial charge is 0.258 e. The van der Waals surface area contributed by atoms with Gasteiger partial charge in [0.15, 0.2) is 5.78 Å². The number of anilines is 3. The summed E-state index contributed by atoms with van der Waals surface area (Å²) in [5, 5.41) is 8.09. The van der Waals surface area contributed by atoms with Gasteiger partial charge < -0.3 is 11.1 Å². The molecule has 1 amide bonds. The van der Waals surface area contributed by atoms with Crippen molar-refractivity contribution in [1.82, 2.24) is 0 Å². The predicted octanol–water partition coefficient (Wildman–Crippen LogP) is 4.57. The Hall–Kier alpha value is -3.16. The van der Waals surface area contributed by atoms with Gasteiger partial charge in [0.25, 0.3) is 5.91 Å². The first-order chi connectivity index (χ1) is 14.0. The van der Waals surface area contributed by atoms with Gasteiger partial charge in [-0.05, 0) is 48.4 Å². The average Bonchev–Trinajstić information content (AvgIpc) is 3.06. The summed E-state index contributed by atoms with van der Waals surface area (Å²) in [5.41, 5.74) is 11.9. The van der Waals surface area contributed by atoms with E-state index in [9.17, 15) is 9.59 Å². The number of nitrogens with zero attached hydrogens (tertiary/aromatic N) is 1. The summed E-state index contributed by atoms with van der Waals surface area (Å²) in [6.45, 7) is 0. The van der Waals surface area contributed by atoms with E-state index in [1.54, 1.807) is 24.3 Å². The molecule has 1 aliphatic rings. The lowest BCUT2D eigenvalue weighted by molar-refractivity contribution is -0.113. The molecule has 1 aromatic heterocycles. The van der Waals surface area contributed by atoms with Crippen LogP contribution in [0.1, 0.15) is 27.2 Å². The Labute approximate surface area is 176 Å². The second-order valence-electron chi connectivity index (χ2n) is 6.47. The van der Waals surface area contributed by atoms with Crippen LogP contribution in [0.25, 0.3) is 0 Å². The van der Waals surface area contributed by atoms with Gasteiger partial charge in [0, 0.05) is 17.1 Å². The molecule has 8 heteroatoms. The number of Topliss-reactive ketones (excluding diaryl/α,β-unsaturated/α-hetero) is 1. The molecule has 0 unspecified atom stereocenters. The number of nitrogens with two attached hydrogens (primary N) is 1. The number of rotatable bonds is 4. The number of nitrogens with one attached hydrogen (secondary N) is 2. The average molecular weight is 425 g/mol. The summed E-state index contributed by atoms with van der Waals surface area (Å²) in [4.78, 5) is 26.0. The van der Waals surface area contributed by atoms with Crippen LogP contribution in [-0.2, 0) is 11.2 Å². The van der Waals surface area contributed by atoms with Crippen molar-refractivity contribution >= 4 is 56.7 Å². The molecule has 0 bridgehead atoms. The zero-order valence-corrected chi connectivity index (χ0v) is 16.8. The number of carbonyl (C=O) groups excluding carboxylic acids is 2. The number of nitrogen functional groups attached to an aromatic ring is 1. The Morgan fingerprint density at radius 3 is 2.48 bits per heavy atom. The fourth-order valence-electron chi connectivity index (χ4n) is 3.12. The lowest BCUT2D eigenvalue weighted by Crippen LogP contribution is -2.24. The zero-order valence-electron chi connectivity index (χ0n) is 15.2. The van der Waals surface area contributed by atoms with Crippen molar-refractivity contribution in [1.29, 1.82) is 0 Å². The summed E-state index contributed by atoms with van der Waals surface area (Å²) in [7, 11) is 0. The molecule has 0 aliphatic heterocycles. The first-order valence-corrected chi connectivity index (χ1v) is 10.1. The second kappa shape index (κ2) is 8.06. The van der Waals surface area contributed by atoms with Crippen LogP contribution in [0.3, 0.4) is 0 Å². The van der Waals surface area contributed by atoms with Crippen LogP contribution < -0.4 is 16.5 Å². The van der Waals surface area contributed by atoms with Gasteiger partial charge in [-0.15, -0.1) is 11.3 Å². The molecule has 0 spiro atoms. The quantitative estimate of drug-likeness (QED) is 0.534. The highest BCUT2D eigenvalue weighted by Gasteiger charge is 2.32. The van der Waals surface area contributed by atoms with E-state index in [-0.39, 0.29) is 18.1 Å². The highest BCUT2D eigenvalue weighted by molar-refractivity contribution is 7.19. The molecule has 2 aromatic carbocycles. The van der Waals surface area contributed by atoms with Crippen LogP contribution >= 0.6 is 22.9 Å². The topological polar surface area (TPSA) is 96.6 Å².